The number of rotatable bonds is 6. The summed E-state index contributed by atoms with van der Waals surface area (Å²) in [4.78, 5) is 14.9. The molecule has 158 valence electrons. The summed E-state index contributed by atoms with van der Waals surface area (Å²) < 4.78 is 17.3. The van der Waals surface area contributed by atoms with E-state index in [1.54, 1.807) is 19.3 Å². The lowest BCUT2D eigenvalue weighted by atomic mass is 10.0. The molecule has 31 heavy (non-hydrogen) atoms. The number of nitrogens with zero attached hydrogens (tertiary/aromatic N) is 1. The molecule has 0 spiro atoms. The third kappa shape index (κ3) is 4.26. The molecular formula is C26H25NO4. The lowest BCUT2D eigenvalue weighted by Gasteiger charge is -2.12. The van der Waals surface area contributed by atoms with Crippen molar-refractivity contribution in [3.8, 4) is 17.2 Å². The molecule has 0 saturated carbocycles. The van der Waals surface area contributed by atoms with Crippen molar-refractivity contribution in [1.82, 2.24) is 0 Å². The van der Waals surface area contributed by atoms with Crippen LogP contribution in [0.5, 0.6) is 17.2 Å². The van der Waals surface area contributed by atoms with Crippen LogP contribution in [-0.2, 0) is 6.61 Å². The summed E-state index contributed by atoms with van der Waals surface area (Å²) >= 11 is 0. The Labute approximate surface area is 182 Å². The zero-order valence-corrected chi connectivity index (χ0v) is 18.1. The minimum atomic E-state index is -0.111. The summed E-state index contributed by atoms with van der Waals surface area (Å²) in [5, 5.41) is 0. The fourth-order valence-corrected chi connectivity index (χ4v) is 3.56. The Hall–Kier alpha value is -3.73. The number of allylic oxidation sites excluding steroid dienone is 1. The van der Waals surface area contributed by atoms with Crippen molar-refractivity contribution < 1.29 is 19.0 Å². The highest BCUT2D eigenvalue weighted by atomic mass is 16.5. The molecule has 1 aliphatic heterocycles. The first-order valence-electron chi connectivity index (χ1n) is 10.1. The molecular weight excluding hydrogens is 390 g/mol. The first-order chi connectivity index (χ1) is 15.0. The van der Waals surface area contributed by atoms with Gasteiger partial charge >= 0.3 is 0 Å². The summed E-state index contributed by atoms with van der Waals surface area (Å²) in [6.07, 6.45) is 1.77. The molecule has 0 unspecified atom stereocenters. The van der Waals surface area contributed by atoms with Crippen LogP contribution in [0.4, 0.5) is 5.69 Å². The van der Waals surface area contributed by atoms with Crippen LogP contribution in [0.2, 0.25) is 0 Å². The second-order valence-corrected chi connectivity index (χ2v) is 7.64. The molecule has 0 aromatic heterocycles. The van der Waals surface area contributed by atoms with Crippen LogP contribution >= 0.6 is 0 Å². The van der Waals surface area contributed by atoms with Crippen molar-refractivity contribution in [2.45, 2.75) is 13.5 Å². The van der Waals surface area contributed by atoms with Gasteiger partial charge < -0.3 is 19.1 Å². The minimum Gasteiger partial charge on any atom is -0.496 e. The van der Waals surface area contributed by atoms with Crippen LogP contribution < -0.4 is 19.1 Å². The van der Waals surface area contributed by atoms with Gasteiger partial charge in [-0.05, 0) is 48.4 Å². The predicted octanol–water partition coefficient (Wildman–Crippen LogP) is 5.26. The van der Waals surface area contributed by atoms with Gasteiger partial charge in [0, 0.05) is 31.4 Å². The number of Topliss-reactive ketones (excluding diaryl/α,β-unsaturated/α-hetero) is 1. The standard InChI is InChI=1S/C26H25NO4/c1-17-13-21(30-16-19-7-5-6-8-22(19)29-4)15-23-25(17)26(28)24(31-23)14-18-9-11-20(12-10-18)27(2)3/h5-15H,16H2,1-4H3/b24-14-. The van der Waals surface area contributed by atoms with Crippen LogP contribution in [-0.4, -0.2) is 27.0 Å². The molecule has 3 aromatic carbocycles. The number of para-hydroxylation sites is 1. The first-order valence-corrected chi connectivity index (χ1v) is 10.1. The second-order valence-electron chi connectivity index (χ2n) is 7.64. The van der Waals surface area contributed by atoms with Gasteiger partial charge in [-0.3, -0.25) is 4.79 Å². The fourth-order valence-electron chi connectivity index (χ4n) is 3.56. The van der Waals surface area contributed by atoms with Gasteiger partial charge in [0.1, 0.15) is 23.9 Å². The molecule has 0 amide bonds. The number of carbonyl (C=O) groups excluding carboxylic acids is 1. The van der Waals surface area contributed by atoms with Gasteiger partial charge in [-0.1, -0.05) is 30.3 Å². The molecule has 0 saturated heterocycles. The summed E-state index contributed by atoms with van der Waals surface area (Å²) in [5.41, 5.74) is 4.36. The maximum absolute atomic E-state index is 12.9. The Morgan fingerprint density at radius 3 is 2.48 bits per heavy atom. The smallest absolute Gasteiger partial charge is 0.232 e. The van der Waals surface area contributed by atoms with Gasteiger partial charge in [0.15, 0.2) is 5.76 Å². The van der Waals surface area contributed by atoms with Crippen LogP contribution in [0.3, 0.4) is 0 Å². The van der Waals surface area contributed by atoms with E-state index in [4.69, 9.17) is 14.2 Å². The largest absolute Gasteiger partial charge is 0.496 e. The van der Waals surface area contributed by atoms with E-state index in [0.29, 0.717) is 29.4 Å². The van der Waals surface area contributed by atoms with Crippen LogP contribution in [0.15, 0.2) is 66.4 Å². The Morgan fingerprint density at radius 2 is 1.77 bits per heavy atom. The highest BCUT2D eigenvalue weighted by molar-refractivity contribution is 6.15. The number of ether oxygens (including phenoxy) is 3. The summed E-state index contributed by atoms with van der Waals surface area (Å²) in [5.74, 6) is 2.15. The molecule has 0 bridgehead atoms. The quantitative estimate of drug-likeness (QED) is 0.514. The number of fused-ring (bicyclic) bond motifs is 1. The van der Waals surface area contributed by atoms with Gasteiger partial charge in [0.2, 0.25) is 5.78 Å². The SMILES string of the molecule is COc1ccccc1COc1cc(C)c2c(c1)O/C(=C\c1ccc(N(C)C)cc1)C2=O. The highest BCUT2D eigenvalue weighted by Gasteiger charge is 2.30. The molecule has 5 heteroatoms. The van der Waals surface area contributed by atoms with Gasteiger partial charge in [0.05, 0.1) is 12.7 Å². The topological polar surface area (TPSA) is 48.0 Å². The van der Waals surface area contributed by atoms with E-state index in [0.717, 1.165) is 28.1 Å². The monoisotopic (exact) mass is 415 g/mol. The number of methoxy groups -OCH3 is 1. The molecule has 1 aliphatic rings. The van der Waals surface area contributed by atoms with E-state index in [2.05, 4.69) is 0 Å². The van der Waals surface area contributed by atoms with E-state index in [1.807, 2.05) is 80.5 Å². The third-order valence-electron chi connectivity index (χ3n) is 5.24. The Kier molecular flexibility index (Phi) is 5.67. The summed E-state index contributed by atoms with van der Waals surface area (Å²) in [6.45, 7) is 2.25. The Bertz CT molecular complexity index is 1150. The molecule has 0 radical (unpaired) electrons. The zero-order valence-electron chi connectivity index (χ0n) is 18.1. The van der Waals surface area contributed by atoms with E-state index >= 15 is 0 Å². The minimum absolute atomic E-state index is 0.111. The number of hydrogen-bond donors (Lipinski definition) is 0. The second kappa shape index (κ2) is 8.56. The van der Waals surface area contributed by atoms with Gasteiger partial charge in [-0.15, -0.1) is 0 Å². The number of benzene rings is 3. The normalized spacial score (nSPS) is 13.7. The van der Waals surface area contributed by atoms with E-state index < -0.39 is 0 Å². The number of anilines is 1. The Morgan fingerprint density at radius 1 is 1.03 bits per heavy atom. The molecule has 1 heterocycles. The maximum Gasteiger partial charge on any atom is 0.232 e. The number of carbonyl (C=O) groups is 1. The number of ketones is 1. The molecule has 3 aromatic rings. The van der Waals surface area contributed by atoms with E-state index in [9.17, 15) is 4.79 Å². The average molecular weight is 415 g/mol. The van der Waals surface area contributed by atoms with Crippen molar-refractivity contribution in [2.75, 3.05) is 26.1 Å². The van der Waals surface area contributed by atoms with Gasteiger partial charge in [0.25, 0.3) is 0 Å². The first kappa shape index (κ1) is 20.5. The molecule has 0 atom stereocenters. The van der Waals surface area contributed by atoms with Crippen molar-refractivity contribution in [3.05, 3.63) is 88.7 Å². The lowest BCUT2D eigenvalue weighted by molar-refractivity contribution is 0.101. The number of aryl methyl sites for hydroxylation is 1. The third-order valence-corrected chi connectivity index (χ3v) is 5.24. The molecule has 4 rings (SSSR count). The zero-order chi connectivity index (χ0) is 22.0. The molecule has 0 fully saturated rings. The van der Waals surface area contributed by atoms with Crippen molar-refractivity contribution >= 4 is 17.5 Å². The average Bonchev–Trinajstić information content (AvgIpc) is 3.08. The van der Waals surface area contributed by atoms with Crippen molar-refractivity contribution in [3.63, 3.8) is 0 Å². The van der Waals surface area contributed by atoms with Crippen LogP contribution in [0.25, 0.3) is 6.08 Å². The van der Waals surface area contributed by atoms with Crippen molar-refractivity contribution in [1.29, 1.82) is 0 Å². The van der Waals surface area contributed by atoms with E-state index in [-0.39, 0.29) is 5.78 Å². The van der Waals surface area contributed by atoms with Gasteiger partial charge in [-0.25, -0.2) is 0 Å². The van der Waals surface area contributed by atoms with Crippen LogP contribution in [0, 0.1) is 6.92 Å². The maximum atomic E-state index is 12.9. The van der Waals surface area contributed by atoms with Crippen LogP contribution in [0.1, 0.15) is 27.0 Å². The molecule has 0 aliphatic carbocycles. The van der Waals surface area contributed by atoms with Crippen molar-refractivity contribution in [2.24, 2.45) is 0 Å². The fraction of sp³-hybridized carbons (Fsp3) is 0.192. The molecule has 0 N–H and O–H groups in total. The summed E-state index contributed by atoms with van der Waals surface area (Å²) in [7, 11) is 5.62. The summed E-state index contributed by atoms with van der Waals surface area (Å²) in [6, 6.07) is 19.3. The molecule has 5 nitrogen and oxygen atoms in total. The number of hydrogen-bond acceptors (Lipinski definition) is 5. The Balaban J connectivity index is 1.54. The van der Waals surface area contributed by atoms with E-state index in [1.165, 1.54) is 0 Å². The highest BCUT2D eigenvalue weighted by Crippen LogP contribution is 2.38. The predicted molar refractivity (Wildman–Crippen MR) is 122 cm³/mol. The lowest BCUT2D eigenvalue weighted by Crippen LogP contribution is -2.08. The van der Waals surface area contributed by atoms with Gasteiger partial charge in [-0.2, -0.15) is 0 Å².